The summed E-state index contributed by atoms with van der Waals surface area (Å²) in [6.07, 6.45) is 2.60. The lowest BCUT2D eigenvalue weighted by atomic mass is 10.1. The predicted molar refractivity (Wildman–Crippen MR) is 63.5 cm³/mol. The highest BCUT2D eigenvalue weighted by Gasteiger charge is 2.43. The average Bonchev–Trinajstić information content (AvgIpc) is 2.99. The maximum Gasteiger partial charge on any atom is 0.231 e. The van der Waals surface area contributed by atoms with E-state index in [0.29, 0.717) is 11.7 Å². The number of aromatic nitrogens is 3. The fourth-order valence-corrected chi connectivity index (χ4v) is 2.04. The van der Waals surface area contributed by atoms with Crippen LogP contribution >= 0.6 is 0 Å². The minimum absolute atomic E-state index is 0.0328. The predicted octanol–water partition coefficient (Wildman–Crippen LogP) is 2.38. The highest BCUT2D eigenvalue weighted by Crippen LogP contribution is 2.46. The second kappa shape index (κ2) is 3.91. The minimum atomic E-state index is 0.0328. The SMILES string of the molecule is Cc1cnc(-c2noc(C3CC3C#N)n2)c(C)c1. The molecule has 90 valence electrons. The molecule has 18 heavy (non-hydrogen) atoms. The number of hydrogen-bond acceptors (Lipinski definition) is 5. The highest BCUT2D eigenvalue weighted by molar-refractivity contribution is 5.54. The van der Waals surface area contributed by atoms with Crippen LogP contribution < -0.4 is 0 Å². The van der Waals surface area contributed by atoms with Crippen LogP contribution in [0.25, 0.3) is 11.5 Å². The highest BCUT2D eigenvalue weighted by atomic mass is 16.5. The third-order valence-electron chi connectivity index (χ3n) is 3.14. The van der Waals surface area contributed by atoms with Gasteiger partial charge in [-0.15, -0.1) is 0 Å². The van der Waals surface area contributed by atoms with Crippen molar-refractivity contribution >= 4 is 0 Å². The molecule has 0 aromatic carbocycles. The molecule has 1 saturated carbocycles. The van der Waals surface area contributed by atoms with E-state index in [4.69, 9.17) is 9.78 Å². The summed E-state index contributed by atoms with van der Waals surface area (Å²) in [4.78, 5) is 8.67. The van der Waals surface area contributed by atoms with Crippen LogP contribution in [0.3, 0.4) is 0 Å². The minimum Gasteiger partial charge on any atom is -0.339 e. The van der Waals surface area contributed by atoms with Gasteiger partial charge in [0.2, 0.25) is 11.7 Å². The Balaban J connectivity index is 1.92. The van der Waals surface area contributed by atoms with Crippen molar-refractivity contribution in [2.75, 3.05) is 0 Å². The van der Waals surface area contributed by atoms with Crippen LogP contribution in [-0.4, -0.2) is 15.1 Å². The molecule has 2 unspecified atom stereocenters. The number of nitriles is 1. The van der Waals surface area contributed by atoms with Crippen molar-refractivity contribution in [1.29, 1.82) is 5.26 Å². The molecule has 0 amide bonds. The largest absolute Gasteiger partial charge is 0.339 e. The van der Waals surface area contributed by atoms with Gasteiger partial charge >= 0.3 is 0 Å². The summed E-state index contributed by atoms with van der Waals surface area (Å²) in [6, 6.07) is 4.25. The van der Waals surface area contributed by atoms with Gasteiger partial charge in [-0.1, -0.05) is 11.2 Å². The zero-order chi connectivity index (χ0) is 12.7. The topological polar surface area (TPSA) is 75.6 Å². The van der Waals surface area contributed by atoms with Crippen molar-refractivity contribution in [3.63, 3.8) is 0 Å². The molecule has 1 aliphatic rings. The molecule has 0 N–H and O–H groups in total. The monoisotopic (exact) mass is 240 g/mol. The third kappa shape index (κ3) is 1.76. The lowest BCUT2D eigenvalue weighted by Gasteiger charge is -2.00. The first kappa shape index (κ1) is 10.9. The second-order valence-electron chi connectivity index (χ2n) is 4.71. The van der Waals surface area contributed by atoms with Crippen LogP contribution in [0.2, 0.25) is 0 Å². The normalized spacial score (nSPS) is 21.6. The Bertz CT molecular complexity index is 641. The average molecular weight is 240 g/mol. The van der Waals surface area contributed by atoms with Gasteiger partial charge in [0.25, 0.3) is 0 Å². The van der Waals surface area contributed by atoms with Crippen molar-refractivity contribution < 1.29 is 4.52 Å². The van der Waals surface area contributed by atoms with Gasteiger partial charge in [0.1, 0.15) is 5.69 Å². The molecule has 0 saturated heterocycles. The molecular weight excluding hydrogens is 228 g/mol. The molecule has 0 spiro atoms. The molecule has 5 nitrogen and oxygen atoms in total. The number of pyridine rings is 1. The maximum atomic E-state index is 8.78. The number of rotatable bonds is 2. The molecule has 5 heteroatoms. The fraction of sp³-hybridized carbons (Fsp3) is 0.385. The van der Waals surface area contributed by atoms with E-state index in [1.165, 1.54) is 0 Å². The zero-order valence-electron chi connectivity index (χ0n) is 10.2. The summed E-state index contributed by atoms with van der Waals surface area (Å²) in [7, 11) is 0. The Morgan fingerprint density at radius 1 is 1.44 bits per heavy atom. The lowest BCUT2D eigenvalue weighted by molar-refractivity contribution is 0.378. The second-order valence-corrected chi connectivity index (χ2v) is 4.71. The third-order valence-corrected chi connectivity index (χ3v) is 3.14. The Labute approximate surface area is 104 Å². The molecule has 2 heterocycles. The lowest BCUT2D eigenvalue weighted by Crippen LogP contribution is -1.91. The first-order chi connectivity index (χ1) is 8.69. The van der Waals surface area contributed by atoms with E-state index < -0.39 is 0 Å². The van der Waals surface area contributed by atoms with E-state index in [1.807, 2.05) is 19.9 Å². The van der Waals surface area contributed by atoms with E-state index in [2.05, 4.69) is 21.2 Å². The standard InChI is InChI=1S/C13H12N4O/c1-7-3-8(2)11(15-6-7)12-16-13(18-17-12)10-4-9(10)5-14/h3,6,9-10H,4H2,1-2H3. The molecule has 0 radical (unpaired) electrons. The van der Waals surface area contributed by atoms with Crippen LogP contribution in [0.4, 0.5) is 0 Å². The van der Waals surface area contributed by atoms with Crippen molar-refractivity contribution in [2.45, 2.75) is 26.2 Å². The van der Waals surface area contributed by atoms with Gasteiger partial charge in [-0.3, -0.25) is 4.98 Å². The van der Waals surface area contributed by atoms with Crippen LogP contribution in [0.15, 0.2) is 16.8 Å². The first-order valence-electron chi connectivity index (χ1n) is 5.86. The number of nitrogens with zero attached hydrogens (tertiary/aromatic N) is 4. The van der Waals surface area contributed by atoms with Gasteiger partial charge in [-0.2, -0.15) is 10.2 Å². The van der Waals surface area contributed by atoms with E-state index in [-0.39, 0.29) is 11.8 Å². The molecule has 0 aliphatic heterocycles. The van der Waals surface area contributed by atoms with Crippen molar-refractivity contribution in [3.05, 3.63) is 29.3 Å². The quantitative estimate of drug-likeness (QED) is 0.805. The van der Waals surface area contributed by atoms with E-state index in [1.54, 1.807) is 6.20 Å². The van der Waals surface area contributed by atoms with E-state index >= 15 is 0 Å². The summed E-state index contributed by atoms with van der Waals surface area (Å²) < 4.78 is 5.21. The summed E-state index contributed by atoms with van der Waals surface area (Å²) in [5.74, 6) is 1.21. The number of hydrogen-bond donors (Lipinski definition) is 0. The zero-order valence-corrected chi connectivity index (χ0v) is 10.2. The molecule has 2 aromatic rings. The smallest absolute Gasteiger partial charge is 0.231 e. The van der Waals surface area contributed by atoms with Gasteiger partial charge in [0.05, 0.1) is 17.9 Å². The van der Waals surface area contributed by atoms with Gasteiger partial charge in [0, 0.05) is 6.20 Å². The molecule has 1 aliphatic carbocycles. The summed E-state index contributed by atoms with van der Waals surface area (Å²) >= 11 is 0. The van der Waals surface area contributed by atoms with E-state index in [0.717, 1.165) is 23.2 Å². The number of aryl methyl sites for hydroxylation is 2. The Hall–Kier alpha value is -2.22. The Kier molecular flexibility index (Phi) is 2.37. The van der Waals surface area contributed by atoms with Gasteiger partial charge in [-0.05, 0) is 31.4 Å². The maximum absolute atomic E-state index is 8.78. The Morgan fingerprint density at radius 2 is 2.28 bits per heavy atom. The molecule has 2 aromatic heterocycles. The summed E-state index contributed by atoms with van der Waals surface area (Å²) in [5, 5.41) is 12.7. The van der Waals surface area contributed by atoms with Crippen LogP contribution in [0.1, 0.15) is 29.4 Å². The van der Waals surface area contributed by atoms with Crippen molar-refractivity contribution in [2.24, 2.45) is 5.92 Å². The van der Waals surface area contributed by atoms with Gasteiger partial charge < -0.3 is 4.52 Å². The van der Waals surface area contributed by atoms with Crippen LogP contribution in [0, 0.1) is 31.1 Å². The van der Waals surface area contributed by atoms with Crippen molar-refractivity contribution in [1.82, 2.24) is 15.1 Å². The fourth-order valence-electron chi connectivity index (χ4n) is 2.04. The van der Waals surface area contributed by atoms with E-state index in [9.17, 15) is 0 Å². The summed E-state index contributed by atoms with van der Waals surface area (Å²) in [5.41, 5.74) is 2.87. The van der Waals surface area contributed by atoms with Crippen LogP contribution in [0.5, 0.6) is 0 Å². The molecule has 3 rings (SSSR count). The summed E-state index contributed by atoms with van der Waals surface area (Å²) in [6.45, 7) is 3.97. The molecule has 0 bridgehead atoms. The Morgan fingerprint density at radius 3 is 2.94 bits per heavy atom. The van der Waals surface area contributed by atoms with Crippen LogP contribution in [-0.2, 0) is 0 Å². The van der Waals surface area contributed by atoms with Gasteiger partial charge in [0.15, 0.2) is 0 Å². The molecule has 2 atom stereocenters. The van der Waals surface area contributed by atoms with Crippen molar-refractivity contribution in [3.8, 4) is 17.6 Å². The molecular formula is C13H12N4O. The molecule has 1 fully saturated rings. The first-order valence-corrected chi connectivity index (χ1v) is 5.86. The van der Waals surface area contributed by atoms with Gasteiger partial charge in [-0.25, -0.2) is 0 Å².